The summed E-state index contributed by atoms with van der Waals surface area (Å²) in [5.41, 5.74) is 2.91. The quantitative estimate of drug-likeness (QED) is 0.397. The zero-order chi connectivity index (χ0) is 28.6. The van der Waals surface area contributed by atoms with Crippen molar-refractivity contribution in [3.8, 4) is 0 Å². The van der Waals surface area contributed by atoms with Crippen molar-refractivity contribution in [3.63, 3.8) is 0 Å². The molecule has 0 radical (unpaired) electrons. The normalized spacial score (nSPS) is 17.1. The van der Waals surface area contributed by atoms with Crippen molar-refractivity contribution >= 4 is 52.3 Å². The summed E-state index contributed by atoms with van der Waals surface area (Å²) in [5.74, 6) is 0.659. The van der Waals surface area contributed by atoms with E-state index in [-0.39, 0.29) is 23.6 Å². The number of likely N-dealkylation sites (tertiary alicyclic amines) is 2. The lowest BCUT2D eigenvalue weighted by atomic mass is 9.90. The van der Waals surface area contributed by atoms with Gasteiger partial charge in [-0.25, -0.2) is 0 Å². The van der Waals surface area contributed by atoms with E-state index in [0.717, 1.165) is 56.7 Å². The molecular formula is C31H40Cl2N4O3. The molecule has 0 unspecified atom stereocenters. The van der Waals surface area contributed by atoms with Crippen LogP contribution in [0.15, 0.2) is 42.5 Å². The van der Waals surface area contributed by atoms with Gasteiger partial charge in [0.1, 0.15) is 0 Å². The van der Waals surface area contributed by atoms with Gasteiger partial charge in [0.15, 0.2) is 0 Å². The number of benzene rings is 2. The average Bonchev–Trinajstić information content (AvgIpc) is 2.94. The van der Waals surface area contributed by atoms with Gasteiger partial charge in [0, 0.05) is 50.8 Å². The molecule has 2 saturated heterocycles. The van der Waals surface area contributed by atoms with Crippen LogP contribution in [0.25, 0.3) is 0 Å². The van der Waals surface area contributed by atoms with Crippen molar-refractivity contribution in [2.24, 2.45) is 11.8 Å². The van der Waals surface area contributed by atoms with Crippen LogP contribution in [-0.4, -0.2) is 66.8 Å². The van der Waals surface area contributed by atoms with Crippen LogP contribution in [0, 0.1) is 11.8 Å². The van der Waals surface area contributed by atoms with E-state index < -0.39 is 0 Å². The average molecular weight is 588 g/mol. The Kier molecular flexibility index (Phi) is 10.9. The van der Waals surface area contributed by atoms with Crippen molar-refractivity contribution in [2.45, 2.75) is 52.4 Å². The standard InChI is InChI=1S/C31H40Cl2N4O3/c1-22(38)34-27-6-4-24(5-7-27)20-25-10-16-35(17-11-25)14-3-15-37(28-8-9-29(32)30(33)21-28)31(40)26-12-18-36(19-13-26)23(2)39/h4-9,21,25-26H,3,10-20H2,1-2H3,(H,34,38). The summed E-state index contributed by atoms with van der Waals surface area (Å²) in [7, 11) is 0. The second kappa shape index (κ2) is 14.3. The molecule has 0 aromatic heterocycles. The van der Waals surface area contributed by atoms with Gasteiger partial charge in [-0.2, -0.15) is 0 Å². The minimum atomic E-state index is -0.104. The second-order valence-electron chi connectivity index (χ2n) is 11.1. The van der Waals surface area contributed by atoms with Gasteiger partial charge in [-0.1, -0.05) is 35.3 Å². The smallest absolute Gasteiger partial charge is 0.230 e. The number of carbonyl (C=O) groups is 3. The van der Waals surface area contributed by atoms with E-state index in [1.54, 1.807) is 19.1 Å². The number of anilines is 2. The molecule has 4 rings (SSSR count). The van der Waals surface area contributed by atoms with Crippen molar-refractivity contribution in [1.82, 2.24) is 9.80 Å². The molecule has 2 aromatic rings. The Balaban J connectivity index is 1.28. The highest BCUT2D eigenvalue weighted by molar-refractivity contribution is 6.42. The first-order valence-electron chi connectivity index (χ1n) is 14.3. The maximum absolute atomic E-state index is 13.7. The first kappa shape index (κ1) is 30.4. The van der Waals surface area contributed by atoms with Crippen LogP contribution in [0.4, 0.5) is 11.4 Å². The predicted molar refractivity (Wildman–Crippen MR) is 162 cm³/mol. The summed E-state index contributed by atoms with van der Waals surface area (Å²) in [6.07, 6.45) is 5.58. The zero-order valence-corrected chi connectivity index (χ0v) is 25.0. The predicted octanol–water partition coefficient (Wildman–Crippen LogP) is 5.89. The van der Waals surface area contributed by atoms with Gasteiger partial charge in [0.2, 0.25) is 17.7 Å². The van der Waals surface area contributed by atoms with E-state index in [1.807, 2.05) is 28.0 Å². The molecule has 2 aromatic carbocycles. The number of halogens is 2. The van der Waals surface area contributed by atoms with Gasteiger partial charge in [-0.15, -0.1) is 0 Å². The summed E-state index contributed by atoms with van der Waals surface area (Å²) in [4.78, 5) is 42.8. The molecule has 1 N–H and O–H groups in total. The third kappa shape index (κ3) is 8.45. The van der Waals surface area contributed by atoms with Crippen molar-refractivity contribution < 1.29 is 14.4 Å². The highest BCUT2D eigenvalue weighted by atomic mass is 35.5. The lowest BCUT2D eigenvalue weighted by Gasteiger charge is -2.35. The number of hydrogen-bond acceptors (Lipinski definition) is 4. The first-order chi connectivity index (χ1) is 19.2. The molecule has 0 bridgehead atoms. The van der Waals surface area contributed by atoms with E-state index in [2.05, 4.69) is 22.3 Å². The topological polar surface area (TPSA) is 73.0 Å². The van der Waals surface area contributed by atoms with Gasteiger partial charge >= 0.3 is 0 Å². The lowest BCUT2D eigenvalue weighted by Crippen LogP contribution is -2.45. The molecule has 2 fully saturated rings. The molecule has 216 valence electrons. The molecule has 0 spiro atoms. The first-order valence-corrected chi connectivity index (χ1v) is 15.1. The Morgan fingerprint density at radius 3 is 2.17 bits per heavy atom. The SMILES string of the molecule is CC(=O)Nc1ccc(CC2CCN(CCCN(C(=O)C3CCN(C(C)=O)CC3)c3ccc(Cl)c(Cl)c3)CC2)cc1. The van der Waals surface area contributed by atoms with E-state index >= 15 is 0 Å². The Morgan fingerprint density at radius 1 is 0.900 bits per heavy atom. The van der Waals surface area contributed by atoms with Gasteiger partial charge in [0.05, 0.1) is 10.0 Å². The van der Waals surface area contributed by atoms with Gasteiger partial charge < -0.3 is 20.0 Å². The molecule has 7 nitrogen and oxygen atoms in total. The van der Waals surface area contributed by atoms with Gasteiger partial charge in [-0.05, 0) is 100.0 Å². The minimum absolute atomic E-state index is 0.0560. The number of hydrogen-bond donors (Lipinski definition) is 1. The molecule has 2 aliphatic heterocycles. The monoisotopic (exact) mass is 586 g/mol. The van der Waals surface area contributed by atoms with Crippen LogP contribution in [0.5, 0.6) is 0 Å². The molecule has 2 heterocycles. The highest BCUT2D eigenvalue weighted by Crippen LogP contribution is 2.30. The number of rotatable bonds is 9. The maximum Gasteiger partial charge on any atom is 0.230 e. The fraction of sp³-hybridized carbons (Fsp3) is 0.516. The van der Waals surface area contributed by atoms with Crippen LogP contribution >= 0.6 is 23.2 Å². The fourth-order valence-corrected chi connectivity index (χ4v) is 6.10. The molecule has 0 saturated carbocycles. The van der Waals surface area contributed by atoms with Gasteiger partial charge in [-0.3, -0.25) is 14.4 Å². The Hall–Kier alpha value is -2.61. The van der Waals surface area contributed by atoms with Crippen LogP contribution in [0.1, 0.15) is 51.5 Å². The summed E-state index contributed by atoms with van der Waals surface area (Å²) >= 11 is 12.5. The molecule has 9 heteroatoms. The molecular weight excluding hydrogens is 547 g/mol. The van der Waals surface area contributed by atoms with Crippen LogP contribution < -0.4 is 10.2 Å². The zero-order valence-electron chi connectivity index (χ0n) is 23.5. The number of nitrogens with zero attached hydrogens (tertiary/aromatic N) is 3. The van der Waals surface area contributed by atoms with Crippen LogP contribution in [-0.2, 0) is 20.8 Å². The molecule has 0 aliphatic carbocycles. The summed E-state index contributed by atoms with van der Waals surface area (Å²) in [6, 6.07) is 13.5. The van der Waals surface area contributed by atoms with E-state index in [9.17, 15) is 14.4 Å². The fourth-order valence-electron chi connectivity index (χ4n) is 5.81. The number of carbonyl (C=O) groups excluding carboxylic acids is 3. The number of amides is 3. The maximum atomic E-state index is 13.7. The van der Waals surface area contributed by atoms with Crippen molar-refractivity contribution in [3.05, 3.63) is 58.1 Å². The minimum Gasteiger partial charge on any atom is -0.343 e. The second-order valence-corrected chi connectivity index (χ2v) is 11.9. The van der Waals surface area contributed by atoms with Crippen molar-refractivity contribution in [1.29, 1.82) is 0 Å². The summed E-state index contributed by atoms with van der Waals surface area (Å²) in [5, 5.41) is 3.73. The number of piperidine rings is 2. The third-order valence-electron chi connectivity index (χ3n) is 8.13. The Morgan fingerprint density at radius 2 is 1.57 bits per heavy atom. The summed E-state index contributed by atoms with van der Waals surface area (Å²) in [6.45, 7) is 8.00. The van der Waals surface area contributed by atoms with E-state index in [1.165, 1.54) is 12.5 Å². The van der Waals surface area contributed by atoms with E-state index in [4.69, 9.17) is 23.2 Å². The van der Waals surface area contributed by atoms with Crippen LogP contribution in [0.3, 0.4) is 0 Å². The molecule has 3 amide bonds. The Labute approximate surface area is 247 Å². The highest BCUT2D eigenvalue weighted by Gasteiger charge is 2.30. The molecule has 0 atom stereocenters. The molecule has 2 aliphatic rings. The third-order valence-corrected chi connectivity index (χ3v) is 8.87. The molecule has 40 heavy (non-hydrogen) atoms. The van der Waals surface area contributed by atoms with Crippen molar-refractivity contribution in [2.75, 3.05) is 49.5 Å². The van der Waals surface area contributed by atoms with Gasteiger partial charge in [0.25, 0.3) is 0 Å². The number of nitrogens with one attached hydrogen (secondary N) is 1. The van der Waals surface area contributed by atoms with Crippen LogP contribution in [0.2, 0.25) is 10.0 Å². The largest absolute Gasteiger partial charge is 0.343 e. The Bertz CT molecular complexity index is 1170. The van der Waals surface area contributed by atoms with E-state index in [0.29, 0.717) is 48.4 Å². The summed E-state index contributed by atoms with van der Waals surface area (Å²) < 4.78 is 0. The lowest BCUT2D eigenvalue weighted by molar-refractivity contribution is -0.133.